The van der Waals surface area contributed by atoms with E-state index in [0.717, 1.165) is 16.7 Å². The van der Waals surface area contributed by atoms with Crippen LogP contribution < -0.4 is 5.32 Å². The Morgan fingerprint density at radius 3 is 2.26 bits per heavy atom. The maximum Gasteiger partial charge on any atom is 0.399 e. The van der Waals surface area contributed by atoms with Gasteiger partial charge in [-0.05, 0) is 66.8 Å². The molecule has 1 N–H and O–H groups in total. The molecule has 0 aliphatic rings. The van der Waals surface area contributed by atoms with Crippen LogP contribution in [0.1, 0.15) is 39.3 Å². The topological polar surface area (TPSA) is 29.1 Å². The van der Waals surface area contributed by atoms with Crippen molar-refractivity contribution in [1.29, 1.82) is 0 Å². The largest absolute Gasteiger partial charge is 0.399 e. The highest BCUT2D eigenvalue weighted by Crippen LogP contribution is 2.37. The summed E-state index contributed by atoms with van der Waals surface area (Å²) < 4.78 is 53.0. The molecular formula is C27H26ClF4NO. The van der Waals surface area contributed by atoms with Crippen LogP contribution in [0, 0.1) is 26.6 Å². The van der Waals surface area contributed by atoms with Crippen molar-refractivity contribution in [3.8, 4) is 0 Å². The smallest absolute Gasteiger partial charge is 0.354 e. The van der Waals surface area contributed by atoms with E-state index in [9.17, 15) is 22.4 Å². The SMILES string of the molecule is Cc1cc(Cl)cc(C(/C=C/c2ccc(C)c(C)c2)C(F)(F)F)c1.O=CNCc1ccccc1F. The fourth-order valence-electron chi connectivity index (χ4n) is 3.22. The van der Waals surface area contributed by atoms with Gasteiger partial charge in [0.15, 0.2) is 0 Å². The molecular weight excluding hydrogens is 466 g/mol. The first-order chi connectivity index (χ1) is 16.0. The third-order valence-electron chi connectivity index (χ3n) is 5.12. The Morgan fingerprint density at radius 2 is 1.68 bits per heavy atom. The second kappa shape index (κ2) is 12.4. The van der Waals surface area contributed by atoms with Crippen LogP contribution in [0.15, 0.2) is 66.7 Å². The summed E-state index contributed by atoms with van der Waals surface area (Å²) in [6, 6.07) is 16.5. The van der Waals surface area contributed by atoms with Crippen LogP contribution in [0.2, 0.25) is 5.02 Å². The Balaban J connectivity index is 0.000000310. The van der Waals surface area contributed by atoms with Crippen LogP contribution in [-0.2, 0) is 11.3 Å². The number of amides is 1. The van der Waals surface area contributed by atoms with Crippen molar-refractivity contribution >= 4 is 24.1 Å². The number of aryl methyl sites for hydroxylation is 3. The highest BCUT2D eigenvalue weighted by molar-refractivity contribution is 6.30. The number of carbonyl (C=O) groups excluding carboxylic acids is 1. The lowest BCUT2D eigenvalue weighted by Crippen LogP contribution is -2.19. The molecule has 34 heavy (non-hydrogen) atoms. The van der Waals surface area contributed by atoms with Crippen molar-refractivity contribution < 1.29 is 22.4 Å². The lowest BCUT2D eigenvalue weighted by atomic mass is 9.95. The zero-order valence-corrected chi connectivity index (χ0v) is 19.8. The highest BCUT2D eigenvalue weighted by atomic mass is 35.5. The van der Waals surface area contributed by atoms with Gasteiger partial charge in [0.2, 0.25) is 6.41 Å². The third-order valence-corrected chi connectivity index (χ3v) is 5.34. The quantitative estimate of drug-likeness (QED) is 0.278. The molecule has 0 fully saturated rings. The number of carbonyl (C=O) groups is 1. The van der Waals surface area contributed by atoms with Gasteiger partial charge in [-0.3, -0.25) is 4.79 Å². The van der Waals surface area contributed by atoms with Crippen LogP contribution in [-0.4, -0.2) is 12.6 Å². The van der Waals surface area contributed by atoms with Crippen molar-refractivity contribution in [3.05, 3.63) is 111 Å². The molecule has 0 radical (unpaired) electrons. The van der Waals surface area contributed by atoms with Crippen molar-refractivity contribution in [2.45, 2.75) is 39.4 Å². The normalized spacial score (nSPS) is 12.1. The minimum Gasteiger partial charge on any atom is -0.354 e. The zero-order valence-electron chi connectivity index (χ0n) is 19.1. The van der Waals surface area contributed by atoms with Crippen molar-refractivity contribution in [2.24, 2.45) is 0 Å². The number of rotatable bonds is 6. The first-order valence-corrected chi connectivity index (χ1v) is 10.9. The average molecular weight is 492 g/mol. The number of alkyl halides is 3. The molecule has 1 atom stereocenters. The molecule has 0 saturated carbocycles. The van der Waals surface area contributed by atoms with Gasteiger partial charge < -0.3 is 5.32 Å². The van der Waals surface area contributed by atoms with E-state index in [1.54, 1.807) is 31.2 Å². The van der Waals surface area contributed by atoms with Gasteiger partial charge >= 0.3 is 6.18 Å². The van der Waals surface area contributed by atoms with Gasteiger partial charge in [-0.2, -0.15) is 13.2 Å². The minimum absolute atomic E-state index is 0.155. The molecule has 0 spiro atoms. The molecule has 0 aliphatic heterocycles. The van der Waals surface area contributed by atoms with E-state index in [1.807, 2.05) is 32.0 Å². The average Bonchev–Trinajstić information content (AvgIpc) is 2.75. The summed E-state index contributed by atoms with van der Waals surface area (Å²) >= 11 is 5.91. The summed E-state index contributed by atoms with van der Waals surface area (Å²) in [4.78, 5) is 9.86. The van der Waals surface area contributed by atoms with E-state index in [2.05, 4.69) is 5.32 Å². The summed E-state index contributed by atoms with van der Waals surface area (Å²) in [7, 11) is 0. The number of hydrogen-bond donors (Lipinski definition) is 1. The van der Waals surface area contributed by atoms with Crippen LogP contribution in [0.25, 0.3) is 6.08 Å². The number of nitrogens with one attached hydrogen (secondary N) is 1. The molecule has 180 valence electrons. The van der Waals surface area contributed by atoms with E-state index >= 15 is 0 Å². The summed E-state index contributed by atoms with van der Waals surface area (Å²) in [5, 5.41) is 2.70. The van der Waals surface area contributed by atoms with Crippen molar-refractivity contribution in [2.75, 3.05) is 0 Å². The van der Waals surface area contributed by atoms with Crippen LogP contribution in [0.4, 0.5) is 17.6 Å². The van der Waals surface area contributed by atoms with Crippen LogP contribution >= 0.6 is 11.6 Å². The van der Waals surface area contributed by atoms with Gasteiger partial charge in [-0.1, -0.05) is 66.2 Å². The molecule has 2 nitrogen and oxygen atoms in total. The number of allylic oxidation sites excluding steroid dienone is 1. The maximum absolute atomic E-state index is 13.4. The second-order valence-electron chi connectivity index (χ2n) is 7.87. The Kier molecular flexibility index (Phi) is 9.87. The first-order valence-electron chi connectivity index (χ1n) is 10.5. The Morgan fingerprint density at radius 1 is 0.971 bits per heavy atom. The van der Waals surface area contributed by atoms with E-state index in [1.165, 1.54) is 30.4 Å². The monoisotopic (exact) mass is 491 g/mol. The predicted octanol–water partition coefficient (Wildman–Crippen LogP) is 7.70. The lowest BCUT2D eigenvalue weighted by Gasteiger charge is -2.18. The lowest BCUT2D eigenvalue weighted by molar-refractivity contribution is -0.139. The Bertz CT molecular complexity index is 1120. The zero-order chi connectivity index (χ0) is 25.3. The standard InChI is InChI=1S/C19H18ClF3.C8H8FNO/c1-12-8-16(11-17(20)9-12)18(19(21,22)23)7-6-15-5-4-13(2)14(3)10-15;9-8-4-2-1-3-7(8)5-10-6-11/h4-11,18H,1-3H3;1-4,6H,5H2,(H,10,11)/b7-6+;. The molecule has 1 amide bonds. The summed E-state index contributed by atoms with van der Waals surface area (Å²) in [6.07, 6.45) is -1.12. The molecule has 1 unspecified atom stereocenters. The molecule has 3 aromatic carbocycles. The third kappa shape index (κ3) is 8.34. The Labute approximate surface area is 202 Å². The minimum atomic E-state index is -4.37. The number of hydrogen-bond acceptors (Lipinski definition) is 1. The molecule has 7 heteroatoms. The summed E-state index contributed by atoms with van der Waals surface area (Å²) in [6.45, 7) is 5.89. The number of halogens is 5. The van der Waals surface area contributed by atoms with Crippen LogP contribution in [0.5, 0.6) is 0 Å². The van der Waals surface area contributed by atoms with Gasteiger partial charge in [-0.15, -0.1) is 0 Å². The van der Waals surface area contributed by atoms with Crippen LogP contribution in [0.3, 0.4) is 0 Å². The molecule has 3 rings (SSSR count). The molecule has 3 aromatic rings. The maximum atomic E-state index is 13.4. The fraction of sp³-hybridized carbons (Fsp3) is 0.222. The van der Waals surface area contributed by atoms with E-state index in [0.29, 0.717) is 22.6 Å². The Hall–Kier alpha value is -3.12. The van der Waals surface area contributed by atoms with Gasteiger partial charge in [0, 0.05) is 17.1 Å². The van der Waals surface area contributed by atoms with Gasteiger partial charge in [0.05, 0.1) is 5.92 Å². The van der Waals surface area contributed by atoms with Crippen molar-refractivity contribution in [3.63, 3.8) is 0 Å². The van der Waals surface area contributed by atoms with Crippen molar-refractivity contribution in [1.82, 2.24) is 5.32 Å². The molecule has 0 aliphatic carbocycles. The molecule has 0 heterocycles. The van der Waals surface area contributed by atoms with E-state index < -0.39 is 12.1 Å². The van der Waals surface area contributed by atoms with Gasteiger partial charge in [-0.25, -0.2) is 4.39 Å². The van der Waals surface area contributed by atoms with Gasteiger partial charge in [0.25, 0.3) is 0 Å². The van der Waals surface area contributed by atoms with E-state index in [-0.39, 0.29) is 17.9 Å². The molecule has 0 saturated heterocycles. The highest BCUT2D eigenvalue weighted by Gasteiger charge is 2.39. The van der Waals surface area contributed by atoms with E-state index in [4.69, 9.17) is 11.6 Å². The van der Waals surface area contributed by atoms with Gasteiger partial charge in [0.1, 0.15) is 5.82 Å². The predicted molar refractivity (Wildman–Crippen MR) is 129 cm³/mol. The summed E-state index contributed by atoms with van der Waals surface area (Å²) in [5.74, 6) is -1.97. The fourth-order valence-corrected chi connectivity index (χ4v) is 3.52. The molecule has 0 bridgehead atoms. The molecule has 0 aromatic heterocycles. The first kappa shape index (κ1) is 27.1. The summed E-state index contributed by atoms with van der Waals surface area (Å²) in [5.41, 5.74) is 4.28. The number of benzene rings is 3. The second-order valence-corrected chi connectivity index (χ2v) is 8.31.